The molecule has 0 fully saturated rings. The number of nitrogens with one attached hydrogen (secondary N) is 2. The number of nitrogens with zero attached hydrogens (tertiary/aromatic N) is 1. The molecule has 0 aromatic carbocycles. The van der Waals surface area contributed by atoms with Crippen LogP contribution in [0.1, 0.15) is 10.7 Å². The number of nitrogens with two attached hydrogens (primary N) is 1. The molecule has 1 rings (SSSR count). The summed E-state index contributed by atoms with van der Waals surface area (Å²) >= 11 is 6.41. The number of hydrogen-bond acceptors (Lipinski definition) is 4. The number of hydrogen-bond donors (Lipinski definition) is 3. The zero-order valence-corrected chi connectivity index (χ0v) is 8.26. The second-order valence-corrected chi connectivity index (χ2v) is 3.66. The molecule has 1 heterocycles. The third kappa shape index (κ3) is 2.72. The quantitative estimate of drug-likeness (QED) is 0.365. The van der Waals surface area contributed by atoms with Crippen LogP contribution in [0.4, 0.5) is 0 Å². The Labute approximate surface area is 80.2 Å². The maximum Gasteiger partial charge on any atom is 0.180 e. The molecular weight excluding hydrogens is 192 g/mol. The van der Waals surface area contributed by atoms with Crippen molar-refractivity contribution in [3.05, 3.63) is 16.1 Å². The molecule has 0 amide bonds. The third-order valence-corrected chi connectivity index (χ3v) is 2.31. The number of rotatable bonds is 2. The summed E-state index contributed by atoms with van der Waals surface area (Å²) in [7, 11) is 0. The summed E-state index contributed by atoms with van der Waals surface area (Å²) < 4.78 is 0. The smallest absolute Gasteiger partial charge is 0.180 e. The molecule has 0 saturated carbocycles. The fraction of sp³-hybridized carbons (Fsp3) is 0.333. The maximum atomic E-state index is 5.07. The molecule has 6 heteroatoms. The van der Waals surface area contributed by atoms with E-state index in [1.54, 1.807) is 11.3 Å². The fourth-order valence-corrected chi connectivity index (χ4v) is 1.40. The largest absolute Gasteiger partial charge is 0.356 e. The van der Waals surface area contributed by atoms with Crippen molar-refractivity contribution in [1.82, 2.24) is 15.7 Å². The average molecular weight is 202 g/mol. The topological polar surface area (TPSA) is 63.0 Å². The van der Waals surface area contributed by atoms with Crippen molar-refractivity contribution in [3.8, 4) is 0 Å². The Kier molecular flexibility index (Phi) is 3.39. The van der Waals surface area contributed by atoms with E-state index in [9.17, 15) is 0 Å². The van der Waals surface area contributed by atoms with Gasteiger partial charge in [-0.1, -0.05) is 0 Å². The molecule has 66 valence electrons. The van der Waals surface area contributed by atoms with Crippen LogP contribution >= 0.6 is 23.6 Å². The normalized spacial score (nSPS) is 9.50. The summed E-state index contributed by atoms with van der Waals surface area (Å²) in [5.41, 5.74) is 3.32. The molecule has 1 aromatic heterocycles. The predicted octanol–water partition coefficient (Wildman–Crippen LogP) is 0.289. The number of thiocarbonyl (C=S) groups is 1. The van der Waals surface area contributed by atoms with Gasteiger partial charge in [0.05, 0.1) is 17.2 Å². The molecule has 0 bridgehead atoms. The van der Waals surface area contributed by atoms with Gasteiger partial charge in [0.25, 0.3) is 0 Å². The Hall–Kier alpha value is -0.720. The highest BCUT2D eigenvalue weighted by molar-refractivity contribution is 7.80. The van der Waals surface area contributed by atoms with Crippen LogP contribution in [0.5, 0.6) is 0 Å². The summed E-state index contributed by atoms with van der Waals surface area (Å²) in [4.78, 5) is 4.24. The van der Waals surface area contributed by atoms with E-state index >= 15 is 0 Å². The van der Waals surface area contributed by atoms with E-state index in [0.29, 0.717) is 11.7 Å². The minimum absolute atomic E-state index is 0.431. The monoisotopic (exact) mass is 202 g/mol. The van der Waals surface area contributed by atoms with E-state index in [1.807, 2.05) is 12.3 Å². The van der Waals surface area contributed by atoms with Gasteiger partial charge in [0, 0.05) is 5.38 Å². The van der Waals surface area contributed by atoms with Crippen LogP contribution in [0.2, 0.25) is 0 Å². The van der Waals surface area contributed by atoms with Crippen molar-refractivity contribution in [2.24, 2.45) is 5.84 Å². The molecule has 0 spiro atoms. The Morgan fingerprint density at radius 2 is 2.58 bits per heavy atom. The first-order valence-corrected chi connectivity index (χ1v) is 4.66. The summed E-state index contributed by atoms with van der Waals surface area (Å²) in [6.07, 6.45) is 0. The van der Waals surface area contributed by atoms with Crippen molar-refractivity contribution >= 4 is 28.7 Å². The van der Waals surface area contributed by atoms with Crippen LogP contribution in [-0.2, 0) is 6.54 Å². The first-order valence-electron chi connectivity index (χ1n) is 3.38. The van der Waals surface area contributed by atoms with Gasteiger partial charge in [-0.2, -0.15) is 0 Å². The van der Waals surface area contributed by atoms with Crippen molar-refractivity contribution in [1.29, 1.82) is 0 Å². The van der Waals surface area contributed by atoms with E-state index in [2.05, 4.69) is 15.7 Å². The van der Waals surface area contributed by atoms with Crippen LogP contribution in [0.3, 0.4) is 0 Å². The maximum absolute atomic E-state index is 5.07. The Balaban J connectivity index is 2.38. The molecule has 0 atom stereocenters. The Morgan fingerprint density at radius 3 is 3.08 bits per heavy atom. The van der Waals surface area contributed by atoms with Crippen LogP contribution in [0, 0.1) is 6.92 Å². The molecule has 0 aliphatic heterocycles. The Morgan fingerprint density at radius 1 is 1.83 bits per heavy atom. The van der Waals surface area contributed by atoms with Crippen LogP contribution in [0.15, 0.2) is 5.38 Å². The number of aromatic nitrogens is 1. The SMILES string of the molecule is Cc1nc(CNC(=S)NN)cs1. The van der Waals surface area contributed by atoms with Gasteiger partial charge in [-0.15, -0.1) is 11.3 Å². The lowest BCUT2D eigenvalue weighted by atomic mass is 10.5. The van der Waals surface area contributed by atoms with E-state index in [4.69, 9.17) is 18.1 Å². The van der Waals surface area contributed by atoms with Crippen molar-refractivity contribution < 1.29 is 0 Å². The summed E-state index contributed by atoms with van der Waals surface area (Å²) in [6, 6.07) is 0. The molecule has 0 saturated heterocycles. The van der Waals surface area contributed by atoms with Crippen LogP contribution < -0.4 is 16.6 Å². The van der Waals surface area contributed by atoms with Crippen LogP contribution in [0.25, 0.3) is 0 Å². The van der Waals surface area contributed by atoms with Gasteiger partial charge >= 0.3 is 0 Å². The van der Waals surface area contributed by atoms with Gasteiger partial charge < -0.3 is 10.7 Å². The molecule has 0 aliphatic carbocycles. The van der Waals surface area contributed by atoms with Crippen molar-refractivity contribution in [2.75, 3.05) is 0 Å². The summed E-state index contributed by atoms with van der Waals surface area (Å²) in [5, 5.41) is 6.37. The zero-order valence-electron chi connectivity index (χ0n) is 6.63. The lowest BCUT2D eigenvalue weighted by Crippen LogP contribution is -2.39. The van der Waals surface area contributed by atoms with Gasteiger partial charge in [0.2, 0.25) is 0 Å². The molecule has 4 N–H and O–H groups in total. The highest BCUT2D eigenvalue weighted by atomic mass is 32.1. The first kappa shape index (κ1) is 9.37. The molecule has 12 heavy (non-hydrogen) atoms. The highest BCUT2D eigenvalue weighted by Crippen LogP contribution is 2.06. The highest BCUT2D eigenvalue weighted by Gasteiger charge is 1.97. The summed E-state index contributed by atoms with van der Waals surface area (Å²) in [6.45, 7) is 2.58. The zero-order chi connectivity index (χ0) is 8.97. The van der Waals surface area contributed by atoms with Crippen LogP contribution in [-0.4, -0.2) is 10.1 Å². The fourth-order valence-electron chi connectivity index (χ4n) is 0.711. The van der Waals surface area contributed by atoms with Gasteiger partial charge in [-0.05, 0) is 19.1 Å². The summed E-state index contributed by atoms with van der Waals surface area (Å²) in [5.74, 6) is 5.07. The van der Waals surface area contributed by atoms with Gasteiger partial charge in [0.1, 0.15) is 0 Å². The van der Waals surface area contributed by atoms with Gasteiger partial charge in [-0.25, -0.2) is 10.8 Å². The first-order chi connectivity index (χ1) is 5.72. The molecule has 1 aromatic rings. The van der Waals surface area contributed by atoms with Crippen molar-refractivity contribution in [3.63, 3.8) is 0 Å². The third-order valence-electron chi connectivity index (χ3n) is 1.23. The molecule has 0 radical (unpaired) electrons. The minimum Gasteiger partial charge on any atom is -0.356 e. The van der Waals surface area contributed by atoms with Gasteiger partial charge in [0.15, 0.2) is 5.11 Å². The molecular formula is C6H10N4S2. The number of thiazole rings is 1. The second-order valence-electron chi connectivity index (χ2n) is 2.18. The lowest BCUT2D eigenvalue weighted by molar-refractivity contribution is 0.843. The van der Waals surface area contributed by atoms with E-state index in [-0.39, 0.29) is 0 Å². The average Bonchev–Trinajstić information content (AvgIpc) is 2.47. The molecule has 0 unspecified atom stereocenters. The molecule has 0 aliphatic rings. The van der Waals surface area contributed by atoms with Crippen molar-refractivity contribution in [2.45, 2.75) is 13.5 Å². The second kappa shape index (κ2) is 4.34. The standard InChI is InChI=1S/C6H10N4S2/c1-4-9-5(3-12-4)2-8-6(11)10-7/h3H,2,7H2,1H3,(H2,8,10,11). The van der Waals surface area contributed by atoms with Gasteiger partial charge in [-0.3, -0.25) is 0 Å². The minimum atomic E-state index is 0.431. The van der Waals surface area contributed by atoms with E-state index < -0.39 is 0 Å². The van der Waals surface area contributed by atoms with E-state index in [1.165, 1.54) is 0 Å². The molecule has 4 nitrogen and oxygen atoms in total. The lowest BCUT2D eigenvalue weighted by Gasteiger charge is -2.03. The Bertz CT molecular complexity index is 270. The number of hydrazine groups is 1. The number of aryl methyl sites for hydroxylation is 1. The predicted molar refractivity (Wildman–Crippen MR) is 53.6 cm³/mol. The van der Waals surface area contributed by atoms with E-state index in [0.717, 1.165) is 10.7 Å².